The van der Waals surface area contributed by atoms with Gasteiger partial charge in [-0.15, -0.1) is 0 Å². The number of ether oxygens (including phenoxy) is 1. The van der Waals surface area contributed by atoms with E-state index in [1.807, 2.05) is 33.8 Å². The van der Waals surface area contributed by atoms with Gasteiger partial charge in [-0.05, 0) is 74.0 Å². The number of aryl methyl sites for hydroxylation is 1. The van der Waals surface area contributed by atoms with Gasteiger partial charge in [-0.1, -0.05) is 24.3 Å². The number of hydrogen-bond acceptors (Lipinski definition) is 6. The third kappa shape index (κ3) is 4.31. The summed E-state index contributed by atoms with van der Waals surface area (Å²) in [7, 11) is 0. The molecule has 1 aliphatic carbocycles. The Balaban J connectivity index is 1.57. The first-order chi connectivity index (χ1) is 15.1. The van der Waals surface area contributed by atoms with Gasteiger partial charge in [-0.25, -0.2) is 14.8 Å². The molecule has 0 saturated carbocycles. The van der Waals surface area contributed by atoms with Gasteiger partial charge in [-0.2, -0.15) is 5.26 Å². The van der Waals surface area contributed by atoms with Crippen molar-refractivity contribution in [3.8, 4) is 6.07 Å². The van der Waals surface area contributed by atoms with Crippen molar-refractivity contribution in [2.24, 2.45) is 5.41 Å². The molecule has 2 aliphatic rings. The van der Waals surface area contributed by atoms with Crippen molar-refractivity contribution in [1.29, 1.82) is 5.26 Å². The standard InChI is InChI=1S/C24H28BrN5O2/c1-15-19(25)18(14-26)28-21(27-15)30-11-9-24(10-12-30)13-16-7-5-6-8-17(16)20(24)29-22(31)32-23(2,3)4/h5-8,20H,9-13H2,1-4H3,(H,29,31)/t20-/m1/s1. The maximum Gasteiger partial charge on any atom is 0.408 e. The number of anilines is 1. The van der Waals surface area contributed by atoms with Gasteiger partial charge in [0.15, 0.2) is 5.69 Å². The fourth-order valence-electron chi connectivity index (χ4n) is 4.82. The van der Waals surface area contributed by atoms with Crippen LogP contribution in [0.4, 0.5) is 10.7 Å². The molecule has 1 spiro atoms. The molecule has 4 rings (SSSR count). The Hall–Kier alpha value is -2.66. The molecule has 0 radical (unpaired) electrons. The average Bonchev–Trinajstić information content (AvgIpc) is 3.02. The van der Waals surface area contributed by atoms with E-state index in [1.54, 1.807) is 0 Å². The van der Waals surface area contributed by atoms with Crippen LogP contribution >= 0.6 is 15.9 Å². The Morgan fingerprint density at radius 1 is 1.28 bits per heavy atom. The summed E-state index contributed by atoms with van der Waals surface area (Å²) in [5.41, 5.74) is 2.93. The summed E-state index contributed by atoms with van der Waals surface area (Å²) in [4.78, 5) is 23.9. The Morgan fingerprint density at radius 2 is 1.97 bits per heavy atom. The van der Waals surface area contributed by atoms with E-state index < -0.39 is 5.60 Å². The molecule has 2 aromatic rings. The molecule has 1 fully saturated rings. The number of halogens is 1. The molecule has 7 nitrogen and oxygen atoms in total. The van der Waals surface area contributed by atoms with Gasteiger partial charge in [0, 0.05) is 18.5 Å². The molecule has 1 amide bonds. The molecule has 1 saturated heterocycles. The molecule has 32 heavy (non-hydrogen) atoms. The smallest absolute Gasteiger partial charge is 0.408 e. The highest BCUT2D eigenvalue weighted by Gasteiger charge is 2.49. The van der Waals surface area contributed by atoms with Crippen LogP contribution in [0.2, 0.25) is 0 Å². The molecule has 0 unspecified atom stereocenters. The molecule has 1 atom stereocenters. The summed E-state index contributed by atoms with van der Waals surface area (Å²) in [5, 5.41) is 12.6. The fourth-order valence-corrected chi connectivity index (χ4v) is 5.09. The van der Waals surface area contributed by atoms with Crippen LogP contribution in [-0.2, 0) is 11.2 Å². The largest absolute Gasteiger partial charge is 0.444 e. The van der Waals surface area contributed by atoms with Crippen LogP contribution in [0.3, 0.4) is 0 Å². The van der Waals surface area contributed by atoms with Crippen molar-refractivity contribution in [2.45, 2.75) is 58.6 Å². The maximum atomic E-state index is 12.7. The summed E-state index contributed by atoms with van der Waals surface area (Å²) in [6.07, 6.45) is 2.29. The molecule has 2 heterocycles. The number of carbonyl (C=O) groups is 1. The van der Waals surface area contributed by atoms with Crippen LogP contribution in [0.5, 0.6) is 0 Å². The highest BCUT2D eigenvalue weighted by atomic mass is 79.9. The minimum absolute atomic E-state index is 0.0838. The number of rotatable bonds is 2. The van der Waals surface area contributed by atoms with Crippen molar-refractivity contribution in [2.75, 3.05) is 18.0 Å². The van der Waals surface area contributed by atoms with Gasteiger partial charge in [0.25, 0.3) is 0 Å². The molecular formula is C24H28BrN5O2. The zero-order valence-electron chi connectivity index (χ0n) is 18.9. The van der Waals surface area contributed by atoms with Crippen molar-refractivity contribution in [1.82, 2.24) is 15.3 Å². The topological polar surface area (TPSA) is 91.1 Å². The Kier molecular flexibility index (Phi) is 5.89. The number of alkyl carbamates (subject to hydrolysis) is 1. The van der Waals surface area contributed by atoms with Gasteiger partial charge in [-0.3, -0.25) is 0 Å². The molecule has 1 aromatic carbocycles. The third-order valence-corrected chi connectivity index (χ3v) is 7.28. The Morgan fingerprint density at radius 3 is 2.62 bits per heavy atom. The number of carbonyl (C=O) groups excluding carboxylic acids is 1. The third-order valence-electron chi connectivity index (χ3n) is 6.34. The number of amides is 1. The van der Waals surface area contributed by atoms with Crippen molar-refractivity contribution in [3.63, 3.8) is 0 Å². The van der Waals surface area contributed by atoms with Crippen molar-refractivity contribution < 1.29 is 9.53 Å². The zero-order valence-corrected chi connectivity index (χ0v) is 20.5. The molecule has 168 valence electrons. The molecule has 8 heteroatoms. The van der Waals surface area contributed by atoms with Gasteiger partial charge in [0.05, 0.1) is 16.2 Å². The lowest BCUT2D eigenvalue weighted by Crippen LogP contribution is -2.48. The Bertz CT molecular complexity index is 1080. The number of benzene rings is 1. The van der Waals surface area contributed by atoms with Crippen molar-refractivity contribution >= 4 is 28.0 Å². The lowest BCUT2D eigenvalue weighted by molar-refractivity contribution is 0.0428. The Labute approximate surface area is 197 Å². The van der Waals surface area contributed by atoms with Crippen molar-refractivity contribution in [3.05, 3.63) is 51.3 Å². The van der Waals surface area contributed by atoms with E-state index in [-0.39, 0.29) is 17.6 Å². The monoisotopic (exact) mass is 497 g/mol. The van der Waals surface area contributed by atoms with E-state index in [4.69, 9.17) is 4.74 Å². The van der Waals surface area contributed by atoms with Gasteiger partial charge in [0.1, 0.15) is 11.7 Å². The minimum Gasteiger partial charge on any atom is -0.444 e. The van der Waals surface area contributed by atoms with E-state index in [0.29, 0.717) is 16.1 Å². The van der Waals surface area contributed by atoms with Crippen LogP contribution in [0.25, 0.3) is 0 Å². The number of piperidine rings is 1. The van der Waals surface area contributed by atoms with E-state index in [9.17, 15) is 10.1 Å². The number of hydrogen-bond donors (Lipinski definition) is 1. The second kappa shape index (κ2) is 8.36. The van der Waals surface area contributed by atoms with E-state index in [1.165, 1.54) is 11.1 Å². The molecule has 1 aliphatic heterocycles. The number of nitrogens with one attached hydrogen (secondary N) is 1. The zero-order chi connectivity index (χ0) is 23.1. The predicted molar refractivity (Wildman–Crippen MR) is 125 cm³/mol. The van der Waals surface area contributed by atoms with Crippen LogP contribution in [-0.4, -0.2) is 34.8 Å². The van der Waals surface area contributed by atoms with Gasteiger partial charge in [0.2, 0.25) is 5.95 Å². The quantitative estimate of drug-likeness (QED) is 0.638. The summed E-state index contributed by atoms with van der Waals surface area (Å²) in [6.45, 7) is 9.01. The predicted octanol–water partition coefficient (Wildman–Crippen LogP) is 4.83. The second-order valence-corrected chi connectivity index (χ2v) is 10.5. The van der Waals surface area contributed by atoms with Crippen LogP contribution in [0.1, 0.15) is 62.2 Å². The lowest BCUT2D eigenvalue weighted by atomic mass is 9.73. The highest BCUT2D eigenvalue weighted by Crippen LogP contribution is 2.52. The number of fused-ring (bicyclic) bond motifs is 1. The number of aromatic nitrogens is 2. The van der Waals surface area contributed by atoms with Gasteiger partial charge >= 0.3 is 6.09 Å². The van der Waals surface area contributed by atoms with Gasteiger partial charge < -0.3 is 15.0 Å². The summed E-state index contributed by atoms with van der Waals surface area (Å²) in [5.74, 6) is 0.587. The first-order valence-electron chi connectivity index (χ1n) is 10.9. The lowest BCUT2D eigenvalue weighted by Gasteiger charge is -2.43. The molecule has 0 bridgehead atoms. The molecular weight excluding hydrogens is 470 g/mol. The average molecular weight is 498 g/mol. The summed E-state index contributed by atoms with van der Waals surface area (Å²) >= 11 is 3.40. The van der Waals surface area contributed by atoms with Crippen LogP contribution in [0.15, 0.2) is 28.7 Å². The molecule has 1 aromatic heterocycles. The first kappa shape index (κ1) is 22.5. The summed E-state index contributed by atoms with van der Waals surface area (Å²) in [6, 6.07) is 10.4. The first-order valence-corrected chi connectivity index (χ1v) is 11.7. The van der Waals surface area contributed by atoms with E-state index in [0.717, 1.165) is 38.0 Å². The van der Waals surface area contributed by atoms with E-state index >= 15 is 0 Å². The second-order valence-electron chi connectivity index (χ2n) is 9.69. The molecule has 1 N–H and O–H groups in total. The van der Waals surface area contributed by atoms with Crippen LogP contribution in [0, 0.1) is 23.7 Å². The summed E-state index contributed by atoms with van der Waals surface area (Å²) < 4.78 is 6.22. The number of nitrogens with zero attached hydrogens (tertiary/aromatic N) is 4. The highest BCUT2D eigenvalue weighted by molar-refractivity contribution is 9.10. The minimum atomic E-state index is -0.548. The van der Waals surface area contributed by atoms with E-state index in [2.05, 4.69) is 60.4 Å². The number of nitriles is 1. The fraction of sp³-hybridized carbons (Fsp3) is 0.500. The maximum absolute atomic E-state index is 12.7. The van der Waals surface area contributed by atoms with Crippen LogP contribution < -0.4 is 10.2 Å². The normalized spacial score (nSPS) is 19.4. The SMILES string of the molecule is Cc1nc(N2CCC3(CC2)Cc2ccccc2[C@H]3NC(=O)OC(C)(C)C)nc(C#N)c1Br.